The van der Waals surface area contributed by atoms with E-state index in [1.165, 1.54) is 0 Å². The molecule has 8 nitrogen and oxygen atoms in total. The Balaban J connectivity index is 1.23. The van der Waals surface area contributed by atoms with Crippen molar-refractivity contribution < 1.29 is 17.9 Å². The predicted molar refractivity (Wildman–Crippen MR) is 129 cm³/mol. The van der Waals surface area contributed by atoms with E-state index in [1.54, 1.807) is 18.2 Å². The van der Waals surface area contributed by atoms with E-state index in [9.17, 15) is 13.2 Å². The van der Waals surface area contributed by atoms with Crippen LogP contribution >= 0.6 is 0 Å². The molecule has 34 heavy (non-hydrogen) atoms. The maximum Gasteiger partial charge on any atom is 0.285 e. The number of nitrogens with zero attached hydrogens (tertiary/aromatic N) is 3. The summed E-state index contributed by atoms with van der Waals surface area (Å²) in [6.07, 6.45) is 1.32. The number of hydrogen-bond acceptors (Lipinski definition) is 6. The number of sulfonamides is 1. The van der Waals surface area contributed by atoms with Crippen molar-refractivity contribution in [1.82, 2.24) is 15.1 Å². The molecule has 2 saturated heterocycles. The van der Waals surface area contributed by atoms with E-state index in [0.29, 0.717) is 37.3 Å². The molecule has 180 valence electrons. The molecule has 0 aromatic heterocycles. The van der Waals surface area contributed by atoms with Crippen molar-refractivity contribution in [3.63, 3.8) is 0 Å². The van der Waals surface area contributed by atoms with E-state index in [-0.39, 0.29) is 22.8 Å². The van der Waals surface area contributed by atoms with Crippen LogP contribution in [-0.4, -0.2) is 75.9 Å². The molecule has 0 saturated carbocycles. The largest absolute Gasteiger partial charge is 0.379 e. The van der Waals surface area contributed by atoms with Gasteiger partial charge in [0, 0.05) is 44.2 Å². The first-order valence-electron chi connectivity index (χ1n) is 11.9. The molecule has 0 aliphatic carbocycles. The number of amides is 1. The lowest BCUT2D eigenvalue weighted by Gasteiger charge is -2.35. The molecule has 0 unspecified atom stereocenters. The highest BCUT2D eigenvalue weighted by atomic mass is 32.2. The van der Waals surface area contributed by atoms with Crippen molar-refractivity contribution in [2.24, 2.45) is 10.3 Å². The zero-order valence-electron chi connectivity index (χ0n) is 19.1. The molecule has 2 aromatic carbocycles. The molecular formula is C25H30N4O4S. The van der Waals surface area contributed by atoms with Crippen LogP contribution in [0.5, 0.6) is 0 Å². The number of piperidine rings is 1. The molecule has 3 aliphatic heterocycles. The Labute approximate surface area is 200 Å². The number of carbonyl (C=O) groups excluding carboxylic acids is 1. The van der Waals surface area contributed by atoms with Gasteiger partial charge in [-0.2, -0.15) is 8.42 Å². The molecule has 9 heteroatoms. The third-order valence-electron chi connectivity index (χ3n) is 6.84. The SMILES string of the molecule is O=C(N[C@H](CN1CCOCC1)c1ccccc1)C1CCN(C2=NS(=O)(=O)c3ccccc32)CC1. The van der Waals surface area contributed by atoms with E-state index < -0.39 is 10.0 Å². The molecule has 1 N–H and O–H groups in total. The summed E-state index contributed by atoms with van der Waals surface area (Å²) >= 11 is 0. The number of likely N-dealkylation sites (tertiary alicyclic amines) is 1. The summed E-state index contributed by atoms with van der Waals surface area (Å²) in [4.78, 5) is 17.8. The van der Waals surface area contributed by atoms with Crippen LogP contribution < -0.4 is 5.32 Å². The highest BCUT2D eigenvalue weighted by Gasteiger charge is 2.35. The smallest absolute Gasteiger partial charge is 0.285 e. The second-order valence-corrected chi connectivity index (χ2v) is 10.6. The van der Waals surface area contributed by atoms with Gasteiger partial charge in [0.25, 0.3) is 10.0 Å². The number of ether oxygens (including phenoxy) is 1. The summed E-state index contributed by atoms with van der Waals surface area (Å²) in [6, 6.07) is 17.0. The second-order valence-electron chi connectivity index (χ2n) is 9.03. The average molecular weight is 483 g/mol. The maximum absolute atomic E-state index is 13.3. The van der Waals surface area contributed by atoms with E-state index in [4.69, 9.17) is 4.74 Å². The highest BCUT2D eigenvalue weighted by molar-refractivity contribution is 7.90. The number of morpholine rings is 1. The van der Waals surface area contributed by atoms with Crippen molar-refractivity contribution >= 4 is 21.8 Å². The Bertz CT molecular complexity index is 1150. The fourth-order valence-electron chi connectivity index (χ4n) is 4.92. The highest BCUT2D eigenvalue weighted by Crippen LogP contribution is 2.30. The number of rotatable bonds is 5. The van der Waals surface area contributed by atoms with Gasteiger partial charge in [-0.15, -0.1) is 4.40 Å². The molecular weight excluding hydrogens is 452 g/mol. The van der Waals surface area contributed by atoms with Crippen LogP contribution in [0.1, 0.15) is 30.0 Å². The molecule has 0 spiro atoms. The molecule has 0 bridgehead atoms. The van der Waals surface area contributed by atoms with Gasteiger partial charge in [-0.1, -0.05) is 42.5 Å². The molecule has 3 heterocycles. The van der Waals surface area contributed by atoms with E-state index in [2.05, 4.69) is 26.7 Å². The number of hydrogen-bond donors (Lipinski definition) is 1. The van der Waals surface area contributed by atoms with Crippen LogP contribution in [0, 0.1) is 5.92 Å². The average Bonchev–Trinajstić information content (AvgIpc) is 3.16. The lowest BCUT2D eigenvalue weighted by atomic mass is 9.94. The van der Waals surface area contributed by atoms with Crippen molar-refractivity contribution in [1.29, 1.82) is 0 Å². The summed E-state index contributed by atoms with van der Waals surface area (Å²) in [5.41, 5.74) is 1.75. The van der Waals surface area contributed by atoms with Gasteiger partial charge in [0.15, 0.2) is 5.84 Å². The summed E-state index contributed by atoms with van der Waals surface area (Å²) in [6.45, 7) is 5.12. The second kappa shape index (κ2) is 9.85. The van der Waals surface area contributed by atoms with Crippen molar-refractivity contribution in [2.75, 3.05) is 45.9 Å². The van der Waals surface area contributed by atoms with E-state index in [0.717, 1.165) is 38.4 Å². The first kappa shape index (κ1) is 23.0. The fourth-order valence-corrected chi connectivity index (χ4v) is 6.15. The van der Waals surface area contributed by atoms with Crippen molar-refractivity contribution in [2.45, 2.75) is 23.8 Å². The van der Waals surface area contributed by atoms with Gasteiger partial charge < -0.3 is 15.0 Å². The van der Waals surface area contributed by atoms with Crippen LogP contribution in [0.2, 0.25) is 0 Å². The fraction of sp³-hybridized carbons (Fsp3) is 0.440. The molecule has 3 aliphatic rings. The molecule has 5 rings (SSSR count). The Morgan fingerprint density at radius 3 is 2.41 bits per heavy atom. The van der Waals surface area contributed by atoms with Crippen LogP contribution in [0.25, 0.3) is 0 Å². The molecule has 2 aromatic rings. The van der Waals surface area contributed by atoms with Crippen LogP contribution in [0.3, 0.4) is 0 Å². The van der Waals surface area contributed by atoms with E-state index in [1.807, 2.05) is 29.2 Å². The molecule has 1 atom stereocenters. The number of carbonyl (C=O) groups is 1. The van der Waals surface area contributed by atoms with Gasteiger partial charge in [-0.05, 0) is 30.5 Å². The van der Waals surface area contributed by atoms with Crippen molar-refractivity contribution in [3.05, 3.63) is 65.7 Å². The van der Waals surface area contributed by atoms with Gasteiger partial charge in [0.05, 0.1) is 19.3 Å². The summed E-state index contributed by atoms with van der Waals surface area (Å²) in [5, 5.41) is 3.30. The first-order valence-corrected chi connectivity index (χ1v) is 13.3. The molecule has 0 radical (unpaired) electrons. The van der Waals surface area contributed by atoms with E-state index >= 15 is 0 Å². The number of fused-ring (bicyclic) bond motifs is 1. The van der Waals surface area contributed by atoms with Gasteiger partial charge in [-0.3, -0.25) is 9.69 Å². The lowest BCUT2D eigenvalue weighted by molar-refractivity contribution is -0.127. The predicted octanol–water partition coefficient (Wildman–Crippen LogP) is 2.04. The van der Waals surface area contributed by atoms with Gasteiger partial charge in [0.1, 0.15) is 4.90 Å². The van der Waals surface area contributed by atoms with Crippen molar-refractivity contribution in [3.8, 4) is 0 Å². The number of nitrogens with one attached hydrogen (secondary N) is 1. The summed E-state index contributed by atoms with van der Waals surface area (Å²) in [7, 11) is -3.64. The third kappa shape index (κ3) is 4.87. The summed E-state index contributed by atoms with van der Waals surface area (Å²) in [5.74, 6) is 0.452. The Morgan fingerprint density at radius 2 is 1.68 bits per heavy atom. The van der Waals surface area contributed by atoms with Gasteiger partial charge >= 0.3 is 0 Å². The topological polar surface area (TPSA) is 91.3 Å². The molecule has 1 amide bonds. The minimum atomic E-state index is -3.64. The monoisotopic (exact) mass is 482 g/mol. The maximum atomic E-state index is 13.3. The van der Waals surface area contributed by atoms with Gasteiger partial charge in [-0.25, -0.2) is 0 Å². The minimum absolute atomic E-state index is 0.0585. The Hall–Kier alpha value is -2.75. The zero-order chi connectivity index (χ0) is 23.5. The normalized spacial score (nSPS) is 21.5. The lowest BCUT2D eigenvalue weighted by Crippen LogP contribution is -2.46. The first-order chi connectivity index (χ1) is 16.5. The molecule has 2 fully saturated rings. The van der Waals surface area contributed by atoms with Crippen LogP contribution in [-0.2, 0) is 19.6 Å². The quantitative estimate of drug-likeness (QED) is 0.701. The van der Waals surface area contributed by atoms with Gasteiger partial charge in [0.2, 0.25) is 5.91 Å². The standard InChI is InChI=1S/C25H30N4O4S/c30-25(26-22(19-6-2-1-3-7-19)18-28-14-16-33-17-15-28)20-10-12-29(13-11-20)24-21-8-4-5-9-23(21)34(31,32)27-24/h1-9,20,22H,10-18H2,(H,26,30)/t22-/m1/s1. The van der Waals surface area contributed by atoms with Crippen LogP contribution in [0.15, 0.2) is 63.9 Å². The van der Waals surface area contributed by atoms with Crippen LogP contribution in [0.4, 0.5) is 0 Å². The Morgan fingerprint density at radius 1 is 1.00 bits per heavy atom. The Kier molecular flexibility index (Phi) is 6.67. The third-order valence-corrected chi connectivity index (χ3v) is 8.17. The number of benzene rings is 2. The number of amidine groups is 1. The minimum Gasteiger partial charge on any atom is -0.379 e. The zero-order valence-corrected chi connectivity index (χ0v) is 19.9. The summed E-state index contributed by atoms with van der Waals surface area (Å²) < 4.78 is 34.3.